The normalized spacial score (nSPS) is 30.3. The number of nitrogen functional groups attached to an aromatic ring is 1. The first kappa shape index (κ1) is 25.9. The van der Waals surface area contributed by atoms with E-state index in [1.165, 1.54) is 12.7 Å². The zero-order chi connectivity index (χ0) is 26.8. The summed E-state index contributed by atoms with van der Waals surface area (Å²) in [5.41, 5.74) is 13.8. The first-order chi connectivity index (χ1) is 18.2. The molecule has 15 nitrogen and oxygen atoms in total. The van der Waals surface area contributed by atoms with Crippen molar-refractivity contribution in [3.05, 3.63) is 35.4 Å². The van der Waals surface area contributed by atoms with Gasteiger partial charge in [-0.15, -0.1) is 0 Å². The Bertz CT molecular complexity index is 1440. The van der Waals surface area contributed by atoms with E-state index in [4.69, 9.17) is 51.0 Å². The second kappa shape index (κ2) is 9.38. The summed E-state index contributed by atoms with van der Waals surface area (Å²) in [6.07, 6.45) is -1.54. The Morgan fingerprint density at radius 1 is 1.21 bits per heavy atom. The molecule has 0 bridgehead atoms. The van der Waals surface area contributed by atoms with Crippen LogP contribution in [0.4, 0.5) is 5.82 Å². The third-order valence-corrected chi connectivity index (χ3v) is 7.57. The van der Waals surface area contributed by atoms with Crippen molar-refractivity contribution in [3.8, 4) is 5.75 Å². The summed E-state index contributed by atoms with van der Waals surface area (Å²) in [6, 6.07) is 3.38. The molecule has 6 rings (SSSR count). The topological polar surface area (TPSA) is 209 Å². The third-order valence-electron chi connectivity index (χ3n) is 6.75. The molecule has 0 radical (unpaired) electrons. The standard InChI is InChI=1S/C20H24BClN6O9P/c1-2-32-10-4-3-9(22)13-11(5-23)35-21(14(10)13)36-16-12(6-33-38(29,30)31)34-20(17(16)37-21)28-8-27-15-18(24)25-7-26-19(15)28/h3-4,7-8,11-12,16-17,20H,2,5-6,23H2,1H3,(H2,24,25,26)(H2,29,30,31)/q-1/t11-,12-,16-,17-,20-,21?/m1/s1. The highest BCUT2D eigenvalue weighted by Crippen LogP contribution is 2.49. The second-order valence-corrected chi connectivity index (χ2v) is 10.6. The molecule has 0 saturated carbocycles. The largest absolute Gasteiger partial charge is 0.534 e. The van der Waals surface area contributed by atoms with Crippen molar-refractivity contribution in [1.29, 1.82) is 0 Å². The zero-order valence-electron chi connectivity index (χ0n) is 19.9. The number of benzene rings is 1. The highest BCUT2D eigenvalue weighted by molar-refractivity contribution is 7.46. The van der Waals surface area contributed by atoms with Gasteiger partial charge in [0.15, 0.2) is 17.7 Å². The number of fused-ring (bicyclic) bond motifs is 4. The van der Waals surface area contributed by atoms with Crippen LogP contribution in [0.5, 0.6) is 5.75 Å². The number of nitrogens with zero attached hydrogens (tertiary/aromatic N) is 4. The second-order valence-electron chi connectivity index (χ2n) is 8.94. The molecule has 6 N–H and O–H groups in total. The van der Waals surface area contributed by atoms with Gasteiger partial charge < -0.3 is 44.7 Å². The Balaban J connectivity index is 1.44. The van der Waals surface area contributed by atoms with E-state index in [9.17, 15) is 14.4 Å². The number of hydrogen-bond acceptors (Lipinski definition) is 12. The fraction of sp³-hybridized carbons (Fsp3) is 0.450. The molecule has 2 aromatic heterocycles. The number of imidazole rings is 1. The number of aromatic nitrogens is 4. The van der Waals surface area contributed by atoms with Crippen molar-refractivity contribution in [2.75, 3.05) is 25.5 Å². The van der Waals surface area contributed by atoms with Gasteiger partial charge in [0, 0.05) is 11.6 Å². The van der Waals surface area contributed by atoms with Gasteiger partial charge in [-0.25, -0.2) is 19.5 Å². The molecule has 1 unspecified atom stereocenters. The molecule has 3 aliphatic heterocycles. The molecule has 6 atom stereocenters. The maximum Gasteiger partial charge on any atom is 0.469 e. The molecule has 18 heteroatoms. The lowest BCUT2D eigenvalue weighted by atomic mass is 9.69. The van der Waals surface area contributed by atoms with Crippen LogP contribution in [-0.2, 0) is 27.8 Å². The van der Waals surface area contributed by atoms with Gasteiger partial charge in [-0.3, -0.25) is 9.09 Å². The van der Waals surface area contributed by atoms with Gasteiger partial charge >= 0.3 is 14.6 Å². The van der Waals surface area contributed by atoms with Crippen LogP contribution >= 0.6 is 19.4 Å². The third kappa shape index (κ3) is 4.09. The van der Waals surface area contributed by atoms with Crippen LogP contribution < -0.4 is 21.7 Å². The van der Waals surface area contributed by atoms with Crippen molar-refractivity contribution in [2.24, 2.45) is 5.73 Å². The van der Waals surface area contributed by atoms with Crippen LogP contribution in [0.25, 0.3) is 11.2 Å². The average molecular weight is 570 g/mol. The minimum absolute atomic E-state index is 0.0842. The Labute approximate surface area is 220 Å². The molecule has 3 aromatic rings. The fourth-order valence-corrected chi connectivity index (χ4v) is 5.96. The van der Waals surface area contributed by atoms with E-state index in [-0.39, 0.29) is 12.4 Å². The Morgan fingerprint density at radius 3 is 2.74 bits per heavy atom. The highest BCUT2D eigenvalue weighted by atomic mass is 35.5. The van der Waals surface area contributed by atoms with E-state index in [2.05, 4.69) is 15.0 Å². The van der Waals surface area contributed by atoms with Crippen LogP contribution in [-0.4, -0.2) is 74.1 Å². The molecule has 1 spiro atoms. The summed E-state index contributed by atoms with van der Waals surface area (Å²) < 4.78 is 49.1. The summed E-state index contributed by atoms with van der Waals surface area (Å²) in [7, 11) is -4.82. The monoisotopic (exact) mass is 569 g/mol. The number of phosphoric acid groups is 1. The van der Waals surface area contributed by atoms with E-state index in [1.54, 1.807) is 16.7 Å². The van der Waals surface area contributed by atoms with Crippen LogP contribution in [0.15, 0.2) is 24.8 Å². The predicted octanol–water partition coefficient (Wildman–Crippen LogP) is 0.127. The van der Waals surface area contributed by atoms with Gasteiger partial charge in [-0.1, -0.05) is 17.1 Å². The number of hydrogen-bond donors (Lipinski definition) is 4. The molecule has 38 heavy (non-hydrogen) atoms. The summed E-state index contributed by atoms with van der Waals surface area (Å²) in [4.78, 5) is 31.1. The number of phosphoric ester groups is 1. The van der Waals surface area contributed by atoms with Crippen LogP contribution in [0.3, 0.4) is 0 Å². The number of rotatable bonds is 7. The van der Waals surface area contributed by atoms with Crippen molar-refractivity contribution in [3.63, 3.8) is 0 Å². The quantitative estimate of drug-likeness (QED) is 0.220. The maximum atomic E-state index is 11.5. The smallest absolute Gasteiger partial charge is 0.469 e. The molecule has 5 heterocycles. The number of ether oxygens (including phenoxy) is 2. The van der Waals surface area contributed by atoms with Gasteiger partial charge in [0.2, 0.25) is 0 Å². The molecule has 0 amide bonds. The minimum Gasteiger partial charge on any atom is -0.534 e. The number of nitrogens with two attached hydrogens (primary N) is 2. The fourth-order valence-electron chi connectivity index (χ4n) is 5.34. The van der Waals surface area contributed by atoms with Gasteiger partial charge in [-0.05, 0) is 24.6 Å². The van der Waals surface area contributed by atoms with E-state index in [0.29, 0.717) is 39.6 Å². The van der Waals surface area contributed by atoms with Crippen molar-refractivity contribution in [1.82, 2.24) is 19.5 Å². The van der Waals surface area contributed by atoms with Crippen LogP contribution in [0.1, 0.15) is 24.8 Å². The highest BCUT2D eigenvalue weighted by Gasteiger charge is 2.60. The average Bonchev–Trinajstić information content (AvgIpc) is 3.61. The van der Waals surface area contributed by atoms with Crippen molar-refractivity contribution >= 4 is 48.6 Å². The molecule has 2 fully saturated rings. The maximum absolute atomic E-state index is 11.5. The van der Waals surface area contributed by atoms with Crippen LogP contribution in [0, 0.1) is 0 Å². The first-order valence-corrected chi connectivity index (χ1v) is 13.7. The Kier molecular flexibility index (Phi) is 6.39. The number of anilines is 1. The van der Waals surface area contributed by atoms with Gasteiger partial charge in [0.1, 0.15) is 17.9 Å². The molecule has 1 aromatic carbocycles. The predicted molar refractivity (Wildman–Crippen MR) is 132 cm³/mol. The summed E-state index contributed by atoms with van der Waals surface area (Å²) in [6.45, 7) is -0.898. The Morgan fingerprint density at radius 2 is 2.00 bits per heavy atom. The van der Waals surface area contributed by atoms with Gasteiger partial charge in [0.25, 0.3) is 0 Å². The van der Waals surface area contributed by atoms with Crippen molar-refractivity contribution < 1.29 is 42.3 Å². The molecule has 204 valence electrons. The summed E-state index contributed by atoms with van der Waals surface area (Å²) >= 11 is 6.55. The van der Waals surface area contributed by atoms with Gasteiger partial charge in [-0.2, -0.15) is 0 Å². The van der Waals surface area contributed by atoms with E-state index in [0.717, 1.165) is 0 Å². The van der Waals surface area contributed by atoms with E-state index >= 15 is 0 Å². The lowest BCUT2D eigenvalue weighted by Gasteiger charge is -2.36. The van der Waals surface area contributed by atoms with Gasteiger partial charge in [0.05, 0.1) is 43.6 Å². The summed E-state index contributed by atoms with van der Waals surface area (Å²) in [5, 5.41) is 0.406. The molecule has 3 aliphatic rings. The van der Waals surface area contributed by atoms with Crippen molar-refractivity contribution in [2.45, 2.75) is 37.6 Å². The minimum atomic E-state index is -4.82. The molecular weight excluding hydrogens is 545 g/mol. The zero-order valence-corrected chi connectivity index (χ0v) is 21.6. The molecular formula is C20H24BClN6O9P-. The van der Waals surface area contributed by atoms with E-state index in [1.807, 2.05) is 6.92 Å². The Hall–Kier alpha value is -2.37. The first-order valence-electron chi connectivity index (χ1n) is 11.8. The lowest BCUT2D eigenvalue weighted by molar-refractivity contribution is -0.0682. The lowest BCUT2D eigenvalue weighted by Crippen LogP contribution is -2.52. The molecule has 0 aliphatic carbocycles. The van der Waals surface area contributed by atoms with Crippen LogP contribution in [0.2, 0.25) is 5.02 Å². The SMILES string of the molecule is CCOc1ccc(Cl)c2c1[B-]1(O[C@@H]3[C@H](O1)[C@@H](COP(=O)(O)O)O[C@H]3n1cnc3c(N)ncnc31)O[C@@H]2CN. The summed E-state index contributed by atoms with van der Waals surface area (Å²) in [5.74, 6) is 0.626. The number of halogens is 1. The molecule has 2 saturated heterocycles. The van der Waals surface area contributed by atoms with E-state index < -0.39 is 51.8 Å².